The van der Waals surface area contributed by atoms with Crippen molar-refractivity contribution in [1.29, 1.82) is 0 Å². The third kappa shape index (κ3) is 2.38. The smallest absolute Gasteiger partial charge is 0.141 e. The van der Waals surface area contributed by atoms with E-state index < -0.39 is 0 Å². The molecule has 0 spiro atoms. The van der Waals surface area contributed by atoms with E-state index in [2.05, 4.69) is 42.1 Å². The molecule has 1 aliphatic carbocycles. The monoisotopic (exact) mass is 218 g/mol. The van der Waals surface area contributed by atoms with Crippen LogP contribution in [0.2, 0.25) is 0 Å². The summed E-state index contributed by atoms with van der Waals surface area (Å²) in [4.78, 5) is 0. The highest BCUT2D eigenvalue weighted by molar-refractivity contribution is 5.62. The predicted molar refractivity (Wildman–Crippen MR) is 64.1 cm³/mol. The quantitative estimate of drug-likeness (QED) is 0.565. The molecule has 16 heavy (non-hydrogen) atoms. The standard InChI is InChI=1S/C12H18N4/c1-9-4-10(2)12(11(3)5-9)6-15-16-7-13-14-8-16/h4,6-8,10-12H,5H2,1-3H3/t10-,11-,12-/m0/s1. The summed E-state index contributed by atoms with van der Waals surface area (Å²) >= 11 is 0. The van der Waals surface area contributed by atoms with Gasteiger partial charge in [-0.05, 0) is 25.2 Å². The van der Waals surface area contributed by atoms with Crippen LogP contribution in [0.4, 0.5) is 0 Å². The van der Waals surface area contributed by atoms with Crippen LogP contribution in [0.3, 0.4) is 0 Å². The Balaban J connectivity index is 2.10. The van der Waals surface area contributed by atoms with E-state index in [0.717, 1.165) is 0 Å². The Hall–Kier alpha value is -1.45. The molecule has 86 valence electrons. The molecule has 0 aromatic carbocycles. The molecule has 0 amide bonds. The van der Waals surface area contributed by atoms with Crippen LogP contribution in [0.1, 0.15) is 27.2 Å². The van der Waals surface area contributed by atoms with Gasteiger partial charge in [0.05, 0.1) is 0 Å². The fourth-order valence-electron chi connectivity index (χ4n) is 2.48. The maximum Gasteiger partial charge on any atom is 0.141 e. The highest BCUT2D eigenvalue weighted by Gasteiger charge is 2.25. The van der Waals surface area contributed by atoms with Crippen molar-refractivity contribution in [3.05, 3.63) is 24.3 Å². The van der Waals surface area contributed by atoms with Crippen LogP contribution in [0.15, 0.2) is 29.4 Å². The first-order valence-electron chi connectivity index (χ1n) is 5.73. The van der Waals surface area contributed by atoms with Gasteiger partial charge in [-0.15, -0.1) is 10.2 Å². The van der Waals surface area contributed by atoms with Gasteiger partial charge in [-0.3, -0.25) is 0 Å². The van der Waals surface area contributed by atoms with Gasteiger partial charge in [0.15, 0.2) is 0 Å². The number of rotatable bonds is 2. The summed E-state index contributed by atoms with van der Waals surface area (Å²) in [7, 11) is 0. The molecular weight excluding hydrogens is 200 g/mol. The van der Waals surface area contributed by atoms with Crippen molar-refractivity contribution in [2.45, 2.75) is 27.2 Å². The maximum absolute atomic E-state index is 4.35. The van der Waals surface area contributed by atoms with Gasteiger partial charge in [0.1, 0.15) is 12.7 Å². The third-order valence-electron chi connectivity index (χ3n) is 3.23. The molecule has 0 N–H and O–H groups in total. The van der Waals surface area contributed by atoms with E-state index in [1.54, 1.807) is 17.3 Å². The predicted octanol–water partition coefficient (Wildman–Crippen LogP) is 2.35. The fourth-order valence-corrected chi connectivity index (χ4v) is 2.48. The molecule has 1 aromatic heterocycles. The summed E-state index contributed by atoms with van der Waals surface area (Å²) in [5, 5.41) is 11.8. The molecule has 4 nitrogen and oxygen atoms in total. The van der Waals surface area contributed by atoms with Gasteiger partial charge >= 0.3 is 0 Å². The summed E-state index contributed by atoms with van der Waals surface area (Å²) in [6.07, 6.45) is 8.76. The molecule has 1 aromatic rings. The Labute approximate surface area is 96.1 Å². The van der Waals surface area contributed by atoms with Crippen molar-refractivity contribution >= 4 is 6.21 Å². The number of allylic oxidation sites excluding steroid dienone is 2. The normalized spacial score (nSPS) is 30.7. The third-order valence-corrected chi connectivity index (χ3v) is 3.23. The lowest BCUT2D eigenvalue weighted by Crippen LogP contribution is -2.24. The number of aromatic nitrogens is 3. The lowest BCUT2D eigenvalue weighted by Gasteiger charge is -2.29. The van der Waals surface area contributed by atoms with Crippen LogP contribution >= 0.6 is 0 Å². The molecule has 0 aliphatic heterocycles. The Bertz CT molecular complexity index is 391. The van der Waals surface area contributed by atoms with Crippen molar-refractivity contribution in [2.75, 3.05) is 0 Å². The van der Waals surface area contributed by atoms with E-state index in [-0.39, 0.29) is 0 Å². The Morgan fingerprint density at radius 1 is 1.38 bits per heavy atom. The highest BCUT2D eigenvalue weighted by atomic mass is 15.4. The molecule has 0 bridgehead atoms. The van der Waals surface area contributed by atoms with E-state index >= 15 is 0 Å². The zero-order valence-electron chi connectivity index (χ0n) is 10.0. The maximum atomic E-state index is 4.35. The lowest BCUT2D eigenvalue weighted by atomic mass is 9.76. The molecule has 1 heterocycles. The molecule has 0 unspecified atom stereocenters. The van der Waals surface area contributed by atoms with Crippen LogP contribution in [-0.4, -0.2) is 21.1 Å². The largest absolute Gasteiger partial charge is 0.208 e. The average molecular weight is 218 g/mol. The highest BCUT2D eigenvalue weighted by Crippen LogP contribution is 2.32. The van der Waals surface area contributed by atoms with E-state index in [9.17, 15) is 0 Å². The average Bonchev–Trinajstić information content (AvgIpc) is 2.68. The van der Waals surface area contributed by atoms with E-state index in [1.807, 2.05) is 6.21 Å². The van der Waals surface area contributed by atoms with Crippen LogP contribution in [0.25, 0.3) is 0 Å². The van der Waals surface area contributed by atoms with Gasteiger partial charge in [0.25, 0.3) is 0 Å². The number of hydrogen-bond donors (Lipinski definition) is 0. The zero-order chi connectivity index (χ0) is 11.5. The summed E-state index contributed by atoms with van der Waals surface area (Å²) in [6, 6.07) is 0. The Morgan fingerprint density at radius 2 is 2.06 bits per heavy atom. The van der Waals surface area contributed by atoms with E-state index in [1.165, 1.54) is 12.0 Å². The van der Waals surface area contributed by atoms with Crippen LogP contribution < -0.4 is 0 Å². The van der Waals surface area contributed by atoms with Crippen LogP contribution in [-0.2, 0) is 0 Å². The number of hydrogen-bond acceptors (Lipinski definition) is 3. The van der Waals surface area contributed by atoms with Gasteiger partial charge in [-0.25, -0.2) is 4.68 Å². The molecule has 4 heteroatoms. The second-order valence-corrected chi connectivity index (χ2v) is 4.74. The first-order valence-corrected chi connectivity index (χ1v) is 5.73. The van der Waals surface area contributed by atoms with Crippen molar-refractivity contribution in [3.63, 3.8) is 0 Å². The van der Waals surface area contributed by atoms with Crippen molar-refractivity contribution < 1.29 is 0 Å². The first kappa shape index (κ1) is 11.0. The Kier molecular flexibility index (Phi) is 3.17. The summed E-state index contributed by atoms with van der Waals surface area (Å²) < 4.78 is 1.64. The minimum atomic E-state index is 0.506. The van der Waals surface area contributed by atoms with Crippen molar-refractivity contribution in [3.8, 4) is 0 Å². The van der Waals surface area contributed by atoms with Gasteiger partial charge in [0, 0.05) is 12.1 Å². The molecule has 0 saturated heterocycles. The molecule has 0 radical (unpaired) electrons. The molecular formula is C12H18N4. The fraction of sp³-hybridized carbons (Fsp3) is 0.583. The van der Waals surface area contributed by atoms with E-state index in [4.69, 9.17) is 0 Å². The first-order chi connectivity index (χ1) is 7.66. The van der Waals surface area contributed by atoms with Crippen molar-refractivity contribution in [1.82, 2.24) is 14.9 Å². The summed E-state index contributed by atoms with van der Waals surface area (Å²) in [6.45, 7) is 6.75. The molecule has 0 saturated carbocycles. The van der Waals surface area contributed by atoms with E-state index in [0.29, 0.717) is 17.8 Å². The summed E-state index contributed by atoms with van der Waals surface area (Å²) in [5.41, 5.74) is 1.49. The molecule has 2 rings (SSSR count). The minimum Gasteiger partial charge on any atom is -0.208 e. The van der Waals surface area contributed by atoms with Crippen LogP contribution in [0.5, 0.6) is 0 Å². The molecule has 3 atom stereocenters. The summed E-state index contributed by atoms with van der Waals surface area (Å²) in [5.74, 6) is 1.72. The van der Waals surface area contributed by atoms with Crippen molar-refractivity contribution in [2.24, 2.45) is 22.9 Å². The molecule has 0 fully saturated rings. The second kappa shape index (κ2) is 4.60. The second-order valence-electron chi connectivity index (χ2n) is 4.74. The van der Waals surface area contributed by atoms with Crippen LogP contribution in [0, 0.1) is 17.8 Å². The lowest BCUT2D eigenvalue weighted by molar-refractivity contribution is 0.361. The van der Waals surface area contributed by atoms with Gasteiger partial charge in [-0.2, -0.15) is 5.10 Å². The zero-order valence-corrected chi connectivity index (χ0v) is 10.0. The Morgan fingerprint density at radius 3 is 2.69 bits per heavy atom. The van der Waals surface area contributed by atoms with Gasteiger partial charge in [-0.1, -0.05) is 25.5 Å². The van der Waals surface area contributed by atoms with Gasteiger partial charge in [0.2, 0.25) is 0 Å². The minimum absolute atomic E-state index is 0.506. The SMILES string of the molecule is CC1=C[C@H](C)[C@H](C=Nn2cnnc2)[C@@H](C)C1. The van der Waals surface area contributed by atoms with Gasteiger partial charge < -0.3 is 0 Å². The topological polar surface area (TPSA) is 43.1 Å². The number of nitrogens with zero attached hydrogens (tertiary/aromatic N) is 4. The molecule has 1 aliphatic rings.